The van der Waals surface area contributed by atoms with Crippen LogP contribution in [0.25, 0.3) is 10.9 Å². The Bertz CT molecular complexity index is 668. The first-order valence-electron chi connectivity index (χ1n) is 7.19. The predicted octanol–water partition coefficient (Wildman–Crippen LogP) is 3.85. The first-order chi connectivity index (χ1) is 10.0. The summed E-state index contributed by atoms with van der Waals surface area (Å²) in [5.74, 6) is 0.00663. The molecule has 4 nitrogen and oxygen atoms in total. The number of rotatable bonds is 6. The van der Waals surface area contributed by atoms with Gasteiger partial charge in [-0.2, -0.15) is 0 Å². The zero-order chi connectivity index (χ0) is 15.4. The van der Waals surface area contributed by atoms with Gasteiger partial charge in [-0.1, -0.05) is 13.0 Å². The summed E-state index contributed by atoms with van der Waals surface area (Å²) >= 11 is 0. The van der Waals surface area contributed by atoms with Crippen LogP contribution in [-0.2, 0) is 11.3 Å². The van der Waals surface area contributed by atoms with Crippen LogP contribution in [0.3, 0.4) is 0 Å². The fraction of sp³-hybridized carbons (Fsp3) is 0.353. The number of hydrogen-bond acceptors (Lipinski definition) is 2. The number of allylic oxidation sites excluding steroid dienone is 1. The molecular formula is C17H21NO3. The molecule has 1 N–H and O–H groups in total. The molecule has 0 bridgehead atoms. The third-order valence-electron chi connectivity index (χ3n) is 3.30. The molecule has 0 radical (unpaired) electrons. The Balaban J connectivity index is 2.24. The summed E-state index contributed by atoms with van der Waals surface area (Å²) in [6.07, 6.45) is 4.41. The molecule has 0 unspecified atom stereocenters. The zero-order valence-electron chi connectivity index (χ0n) is 12.7. The summed E-state index contributed by atoms with van der Waals surface area (Å²) in [5.41, 5.74) is 1.51. The predicted molar refractivity (Wildman–Crippen MR) is 83.7 cm³/mol. The minimum Gasteiger partial charge on any atom is -0.491 e. The molecule has 2 rings (SSSR count). The van der Waals surface area contributed by atoms with Gasteiger partial charge in [0.15, 0.2) is 0 Å². The first kappa shape index (κ1) is 15.2. The summed E-state index contributed by atoms with van der Waals surface area (Å²) in [6.45, 7) is 6.41. The van der Waals surface area contributed by atoms with Crippen molar-refractivity contribution in [1.82, 2.24) is 4.57 Å². The van der Waals surface area contributed by atoms with Crippen molar-refractivity contribution in [1.29, 1.82) is 0 Å². The number of carbonyl (C=O) groups is 1. The number of carboxylic acids is 1. The highest BCUT2D eigenvalue weighted by Gasteiger charge is 2.06. The van der Waals surface area contributed by atoms with Gasteiger partial charge in [-0.3, -0.25) is 0 Å². The Labute approximate surface area is 124 Å². The summed E-state index contributed by atoms with van der Waals surface area (Å²) in [4.78, 5) is 11.0. The highest BCUT2D eigenvalue weighted by Crippen LogP contribution is 2.23. The SMILES string of the molecule is CC/C(=C/Cn1ccc2cc(OC(C)C)ccc21)C(=O)O. The van der Waals surface area contributed by atoms with Crippen molar-refractivity contribution in [2.45, 2.75) is 39.8 Å². The Kier molecular flexibility index (Phi) is 4.68. The highest BCUT2D eigenvalue weighted by atomic mass is 16.5. The number of benzene rings is 1. The molecule has 1 heterocycles. The Morgan fingerprint density at radius 1 is 1.38 bits per heavy atom. The molecule has 0 saturated heterocycles. The van der Waals surface area contributed by atoms with E-state index in [0.717, 1.165) is 16.7 Å². The van der Waals surface area contributed by atoms with Crippen LogP contribution >= 0.6 is 0 Å². The van der Waals surface area contributed by atoms with Gasteiger partial charge in [-0.25, -0.2) is 4.79 Å². The fourth-order valence-electron chi connectivity index (χ4n) is 2.27. The molecule has 1 aromatic carbocycles. The lowest BCUT2D eigenvalue weighted by atomic mass is 10.2. The van der Waals surface area contributed by atoms with Crippen molar-refractivity contribution < 1.29 is 14.6 Å². The molecule has 0 spiro atoms. The molecule has 0 aliphatic rings. The second-order valence-electron chi connectivity index (χ2n) is 5.24. The van der Waals surface area contributed by atoms with Crippen LogP contribution in [0.1, 0.15) is 27.2 Å². The topological polar surface area (TPSA) is 51.5 Å². The smallest absolute Gasteiger partial charge is 0.331 e. The third kappa shape index (κ3) is 3.66. The van der Waals surface area contributed by atoms with E-state index in [1.807, 2.05) is 55.8 Å². The molecule has 21 heavy (non-hydrogen) atoms. The molecule has 112 valence electrons. The number of aromatic nitrogens is 1. The first-order valence-corrected chi connectivity index (χ1v) is 7.19. The van der Waals surface area contributed by atoms with E-state index in [1.165, 1.54) is 0 Å². The van der Waals surface area contributed by atoms with Crippen LogP contribution in [0, 0.1) is 0 Å². The molecule has 4 heteroatoms. The minimum atomic E-state index is -0.846. The van der Waals surface area contributed by atoms with Gasteiger partial charge in [-0.15, -0.1) is 0 Å². The summed E-state index contributed by atoms with van der Waals surface area (Å²) in [6, 6.07) is 7.98. The average Bonchev–Trinajstić information content (AvgIpc) is 2.81. The molecule has 0 fully saturated rings. The Hall–Kier alpha value is -2.23. The minimum absolute atomic E-state index is 0.148. The van der Waals surface area contributed by atoms with E-state index in [0.29, 0.717) is 18.5 Å². The van der Waals surface area contributed by atoms with Crippen molar-refractivity contribution in [2.75, 3.05) is 0 Å². The molecule has 0 aliphatic carbocycles. The van der Waals surface area contributed by atoms with Gasteiger partial charge in [0.25, 0.3) is 0 Å². The van der Waals surface area contributed by atoms with Crippen LogP contribution < -0.4 is 4.74 Å². The number of carboxylic acid groups (broad SMARTS) is 1. The molecule has 2 aromatic rings. The third-order valence-corrected chi connectivity index (χ3v) is 3.30. The van der Waals surface area contributed by atoms with Gasteiger partial charge in [0.1, 0.15) is 5.75 Å². The van der Waals surface area contributed by atoms with E-state index < -0.39 is 5.97 Å². The lowest BCUT2D eigenvalue weighted by Crippen LogP contribution is -2.05. The molecular weight excluding hydrogens is 266 g/mol. The molecule has 0 atom stereocenters. The zero-order valence-corrected chi connectivity index (χ0v) is 12.7. The maximum atomic E-state index is 11.0. The largest absolute Gasteiger partial charge is 0.491 e. The Morgan fingerprint density at radius 3 is 2.76 bits per heavy atom. The van der Waals surface area contributed by atoms with Crippen molar-refractivity contribution in [3.63, 3.8) is 0 Å². The molecule has 0 aliphatic heterocycles. The second kappa shape index (κ2) is 6.48. The standard InChI is InChI=1S/C17H21NO3/c1-4-13(17(19)20)7-9-18-10-8-14-11-15(21-12(2)3)5-6-16(14)18/h5-8,10-12H,4,9H2,1-3H3,(H,19,20)/b13-7-. The lowest BCUT2D eigenvalue weighted by Gasteiger charge is -2.10. The van der Waals surface area contributed by atoms with E-state index in [1.54, 1.807) is 6.08 Å². The number of aliphatic carboxylic acids is 1. The van der Waals surface area contributed by atoms with Crippen molar-refractivity contribution >= 4 is 16.9 Å². The van der Waals surface area contributed by atoms with Crippen LogP contribution in [-0.4, -0.2) is 21.7 Å². The quantitative estimate of drug-likeness (QED) is 0.821. The van der Waals surface area contributed by atoms with Crippen molar-refractivity contribution in [2.24, 2.45) is 0 Å². The number of fused-ring (bicyclic) bond motifs is 1. The Morgan fingerprint density at radius 2 is 2.14 bits per heavy atom. The van der Waals surface area contributed by atoms with Gasteiger partial charge in [0.2, 0.25) is 0 Å². The lowest BCUT2D eigenvalue weighted by molar-refractivity contribution is -0.132. The number of nitrogens with zero attached hydrogens (tertiary/aromatic N) is 1. The van der Waals surface area contributed by atoms with Crippen LogP contribution in [0.4, 0.5) is 0 Å². The van der Waals surface area contributed by atoms with E-state index >= 15 is 0 Å². The fourth-order valence-corrected chi connectivity index (χ4v) is 2.27. The maximum absolute atomic E-state index is 11.0. The van der Waals surface area contributed by atoms with Gasteiger partial charge in [-0.05, 0) is 44.5 Å². The van der Waals surface area contributed by atoms with Crippen molar-refractivity contribution in [3.05, 3.63) is 42.1 Å². The summed E-state index contributed by atoms with van der Waals surface area (Å²) in [5, 5.41) is 10.1. The normalized spacial score (nSPS) is 12.1. The molecule has 0 amide bonds. The number of ether oxygens (including phenoxy) is 1. The molecule has 1 aromatic heterocycles. The maximum Gasteiger partial charge on any atom is 0.331 e. The van der Waals surface area contributed by atoms with Gasteiger partial charge >= 0.3 is 5.97 Å². The highest BCUT2D eigenvalue weighted by molar-refractivity contribution is 5.86. The summed E-state index contributed by atoms with van der Waals surface area (Å²) in [7, 11) is 0. The van der Waals surface area contributed by atoms with E-state index in [4.69, 9.17) is 9.84 Å². The average molecular weight is 287 g/mol. The second-order valence-corrected chi connectivity index (χ2v) is 5.24. The van der Waals surface area contributed by atoms with Crippen LogP contribution in [0.2, 0.25) is 0 Å². The van der Waals surface area contributed by atoms with Crippen LogP contribution in [0.15, 0.2) is 42.1 Å². The van der Waals surface area contributed by atoms with Gasteiger partial charge in [0.05, 0.1) is 6.10 Å². The van der Waals surface area contributed by atoms with Crippen molar-refractivity contribution in [3.8, 4) is 5.75 Å². The van der Waals surface area contributed by atoms with Crippen LogP contribution in [0.5, 0.6) is 5.75 Å². The van der Waals surface area contributed by atoms with E-state index in [-0.39, 0.29) is 6.10 Å². The van der Waals surface area contributed by atoms with E-state index in [9.17, 15) is 4.79 Å². The summed E-state index contributed by atoms with van der Waals surface area (Å²) < 4.78 is 7.71. The van der Waals surface area contributed by atoms with Gasteiger partial charge < -0.3 is 14.4 Å². The monoisotopic (exact) mass is 287 g/mol. The van der Waals surface area contributed by atoms with Gasteiger partial charge in [0, 0.05) is 29.2 Å². The number of hydrogen-bond donors (Lipinski definition) is 1. The van der Waals surface area contributed by atoms with E-state index in [2.05, 4.69) is 0 Å². The molecule has 0 saturated carbocycles.